The van der Waals surface area contributed by atoms with Crippen molar-refractivity contribution in [3.05, 3.63) is 29.6 Å². The molecule has 1 aromatic carbocycles. The van der Waals surface area contributed by atoms with E-state index in [2.05, 4.69) is 49.4 Å². The molecule has 0 fully saturated rings. The topological polar surface area (TPSA) is 17.8 Å². The summed E-state index contributed by atoms with van der Waals surface area (Å²) in [5.74, 6) is 0.721. The Morgan fingerprint density at radius 1 is 1.24 bits per heavy atom. The number of fused-ring (bicyclic) bond motifs is 1. The number of aromatic nitrogens is 2. The number of rotatable bonds is 4. The number of aryl methyl sites for hydroxylation is 2. The fourth-order valence-corrected chi connectivity index (χ4v) is 2.38. The summed E-state index contributed by atoms with van der Waals surface area (Å²) in [5, 5.41) is 0. The molecule has 1 aromatic heterocycles. The minimum absolute atomic E-state index is 0.721. The van der Waals surface area contributed by atoms with Crippen LogP contribution in [0.2, 0.25) is 0 Å². The largest absolute Gasteiger partial charge is 0.330 e. The predicted octanol–water partition coefficient (Wildman–Crippen LogP) is 4.09. The summed E-state index contributed by atoms with van der Waals surface area (Å²) < 4.78 is 2.29. The Labute approximate surface area is 104 Å². The lowest BCUT2D eigenvalue weighted by Gasteiger charge is -2.12. The van der Waals surface area contributed by atoms with Crippen LogP contribution < -0.4 is 0 Å². The first-order chi connectivity index (χ1) is 8.11. The second kappa shape index (κ2) is 4.91. The van der Waals surface area contributed by atoms with Crippen LogP contribution in [0.15, 0.2) is 18.5 Å². The highest BCUT2D eigenvalue weighted by molar-refractivity contribution is 5.77. The molecule has 2 rings (SSSR count). The first-order valence-corrected chi connectivity index (χ1v) is 6.54. The zero-order chi connectivity index (χ0) is 12.4. The molecule has 2 nitrogen and oxygen atoms in total. The number of imidazole rings is 1. The maximum Gasteiger partial charge on any atom is 0.0958 e. The summed E-state index contributed by atoms with van der Waals surface area (Å²) in [5.41, 5.74) is 5.07. The van der Waals surface area contributed by atoms with E-state index in [0.717, 1.165) is 18.0 Å². The van der Waals surface area contributed by atoms with E-state index in [1.165, 1.54) is 29.5 Å². The molecule has 0 spiro atoms. The smallest absolute Gasteiger partial charge is 0.0958 e. The van der Waals surface area contributed by atoms with E-state index in [4.69, 9.17) is 0 Å². The van der Waals surface area contributed by atoms with Crippen molar-refractivity contribution in [1.82, 2.24) is 9.55 Å². The SMILES string of the molecule is CCCC(C)Cn1cnc2cc(C)c(C)cc21. The molecule has 0 aliphatic carbocycles. The zero-order valence-corrected chi connectivity index (χ0v) is 11.3. The summed E-state index contributed by atoms with van der Waals surface area (Å²) in [6.07, 6.45) is 4.52. The summed E-state index contributed by atoms with van der Waals surface area (Å²) >= 11 is 0. The maximum absolute atomic E-state index is 4.50. The van der Waals surface area contributed by atoms with Crippen molar-refractivity contribution >= 4 is 11.0 Å². The lowest BCUT2D eigenvalue weighted by molar-refractivity contribution is 0.452. The first-order valence-electron chi connectivity index (χ1n) is 6.54. The normalized spacial score (nSPS) is 13.2. The first kappa shape index (κ1) is 12.2. The van der Waals surface area contributed by atoms with Gasteiger partial charge in [0.15, 0.2) is 0 Å². The predicted molar refractivity (Wildman–Crippen MR) is 73.3 cm³/mol. The van der Waals surface area contributed by atoms with E-state index < -0.39 is 0 Å². The molecule has 1 unspecified atom stereocenters. The second-order valence-electron chi connectivity index (χ2n) is 5.22. The van der Waals surface area contributed by atoms with E-state index in [1.807, 2.05) is 6.33 Å². The molecule has 0 N–H and O–H groups in total. The third-order valence-electron chi connectivity index (χ3n) is 3.53. The maximum atomic E-state index is 4.50. The van der Waals surface area contributed by atoms with Crippen LogP contribution in [-0.4, -0.2) is 9.55 Å². The second-order valence-corrected chi connectivity index (χ2v) is 5.22. The molecule has 17 heavy (non-hydrogen) atoms. The minimum atomic E-state index is 0.721. The van der Waals surface area contributed by atoms with Gasteiger partial charge in [0, 0.05) is 6.54 Å². The lowest BCUT2D eigenvalue weighted by atomic mass is 10.1. The van der Waals surface area contributed by atoms with Crippen molar-refractivity contribution in [1.29, 1.82) is 0 Å². The Hall–Kier alpha value is -1.31. The van der Waals surface area contributed by atoms with Crippen LogP contribution in [0.1, 0.15) is 37.8 Å². The van der Waals surface area contributed by atoms with Gasteiger partial charge in [0.1, 0.15) is 0 Å². The quantitative estimate of drug-likeness (QED) is 0.773. The van der Waals surface area contributed by atoms with Gasteiger partial charge >= 0.3 is 0 Å². The molecular weight excluding hydrogens is 208 g/mol. The van der Waals surface area contributed by atoms with Crippen LogP contribution in [0.5, 0.6) is 0 Å². The van der Waals surface area contributed by atoms with Gasteiger partial charge < -0.3 is 4.57 Å². The molecular formula is C15H22N2. The van der Waals surface area contributed by atoms with Gasteiger partial charge in [0.2, 0.25) is 0 Å². The average molecular weight is 230 g/mol. The molecule has 0 aliphatic heterocycles. The average Bonchev–Trinajstić information content (AvgIpc) is 2.63. The lowest BCUT2D eigenvalue weighted by Crippen LogP contribution is -2.06. The van der Waals surface area contributed by atoms with Gasteiger partial charge in [0.05, 0.1) is 17.4 Å². The van der Waals surface area contributed by atoms with Crippen molar-refractivity contribution < 1.29 is 0 Å². The van der Waals surface area contributed by atoms with Gasteiger partial charge in [-0.3, -0.25) is 0 Å². The highest BCUT2D eigenvalue weighted by Gasteiger charge is 2.07. The summed E-state index contributed by atoms with van der Waals surface area (Å²) in [6.45, 7) is 9.95. The molecule has 1 heterocycles. The van der Waals surface area contributed by atoms with Crippen LogP contribution in [0, 0.1) is 19.8 Å². The Kier molecular flexibility index (Phi) is 3.51. The van der Waals surface area contributed by atoms with Crippen molar-refractivity contribution in [2.75, 3.05) is 0 Å². The van der Waals surface area contributed by atoms with Gasteiger partial charge in [0.25, 0.3) is 0 Å². The minimum Gasteiger partial charge on any atom is -0.330 e. The third-order valence-corrected chi connectivity index (χ3v) is 3.53. The van der Waals surface area contributed by atoms with Gasteiger partial charge in [-0.2, -0.15) is 0 Å². The Morgan fingerprint density at radius 3 is 2.65 bits per heavy atom. The molecule has 2 heteroatoms. The number of hydrogen-bond donors (Lipinski definition) is 0. The fourth-order valence-electron chi connectivity index (χ4n) is 2.38. The number of hydrogen-bond acceptors (Lipinski definition) is 1. The Balaban J connectivity index is 2.32. The molecule has 0 saturated heterocycles. The number of benzene rings is 1. The van der Waals surface area contributed by atoms with Crippen LogP contribution in [0.3, 0.4) is 0 Å². The van der Waals surface area contributed by atoms with Gasteiger partial charge in [-0.15, -0.1) is 0 Å². The monoisotopic (exact) mass is 230 g/mol. The fraction of sp³-hybridized carbons (Fsp3) is 0.533. The molecule has 2 aromatic rings. The summed E-state index contributed by atoms with van der Waals surface area (Å²) in [4.78, 5) is 4.50. The van der Waals surface area contributed by atoms with Gasteiger partial charge in [-0.1, -0.05) is 20.3 Å². The van der Waals surface area contributed by atoms with Crippen LogP contribution >= 0.6 is 0 Å². The molecule has 0 bridgehead atoms. The Morgan fingerprint density at radius 2 is 1.94 bits per heavy atom. The van der Waals surface area contributed by atoms with E-state index in [1.54, 1.807) is 0 Å². The zero-order valence-electron chi connectivity index (χ0n) is 11.3. The van der Waals surface area contributed by atoms with Gasteiger partial charge in [-0.25, -0.2) is 4.98 Å². The van der Waals surface area contributed by atoms with E-state index >= 15 is 0 Å². The molecule has 0 saturated carbocycles. The molecule has 0 aliphatic rings. The highest BCUT2D eigenvalue weighted by atomic mass is 15.0. The third kappa shape index (κ3) is 2.51. The van der Waals surface area contributed by atoms with Crippen molar-refractivity contribution in [2.45, 2.75) is 47.1 Å². The molecule has 1 atom stereocenters. The van der Waals surface area contributed by atoms with E-state index in [-0.39, 0.29) is 0 Å². The summed E-state index contributed by atoms with van der Waals surface area (Å²) in [6, 6.07) is 4.45. The standard InChI is InChI=1S/C15H22N2/c1-5-6-11(2)9-17-10-16-14-7-12(3)13(4)8-15(14)17/h7-8,10-11H,5-6,9H2,1-4H3. The van der Waals surface area contributed by atoms with E-state index in [9.17, 15) is 0 Å². The highest BCUT2D eigenvalue weighted by Crippen LogP contribution is 2.20. The van der Waals surface area contributed by atoms with Crippen molar-refractivity contribution in [3.8, 4) is 0 Å². The Bertz CT molecular complexity index is 511. The van der Waals surface area contributed by atoms with E-state index in [0.29, 0.717) is 0 Å². The molecule has 0 amide bonds. The van der Waals surface area contributed by atoms with Gasteiger partial charge in [-0.05, 0) is 49.4 Å². The van der Waals surface area contributed by atoms with Crippen LogP contribution in [-0.2, 0) is 6.54 Å². The van der Waals surface area contributed by atoms with Crippen molar-refractivity contribution in [2.24, 2.45) is 5.92 Å². The number of nitrogens with zero attached hydrogens (tertiary/aromatic N) is 2. The van der Waals surface area contributed by atoms with Crippen LogP contribution in [0.25, 0.3) is 11.0 Å². The molecule has 0 radical (unpaired) electrons. The molecule has 92 valence electrons. The van der Waals surface area contributed by atoms with Crippen LogP contribution in [0.4, 0.5) is 0 Å². The van der Waals surface area contributed by atoms with Crippen molar-refractivity contribution in [3.63, 3.8) is 0 Å². The summed E-state index contributed by atoms with van der Waals surface area (Å²) in [7, 11) is 0.